The molecule has 0 atom stereocenters. The van der Waals surface area contributed by atoms with Gasteiger partial charge >= 0.3 is 0 Å². The zero-order valence-electron chi connectivity index (χ0n) is 8.36. The molecule has 0 heterocycles. The highest BCUT2D eigenvalue weighted by molar-refractivity contribution is 5.75. The molecule has 0 spiro atoms. The van der Waals surface area contributed by atoms with Crippen LogP contribution in [0.4, 0.5) is 0 Å². The molecule has 1 rings (SSSR count). The second kappa shape index (κ2) is 4.06. The van der Waals surface area contributed by atoms with Crippen LogP contribution in [0.15, 0.2) is 0 Å². The van der Waals surface area contributed by atoms with Gasteiger partial charge < -0.3 is 4.79 Å². The monoisotopic (exact) mass is 168 g/mol. The summed E-state index contributed by atoms with van der Waals surface area (Å²) in [5, 5.41) is 0. The van der Waals surface area contributed by atoms with Crippen molar-refractivity contribution in [3.8, 4) is 0 Å². The van der Waals surface area contributed by atoms with Crippen LogP contribution in [0, 0.1) is 5.41 Å². The van der Waals surface area contributed by atoms with Crippen LogP contribution in [0.5, 0.6) is 0 Å². The molecule has 1 heteroatoms. The lowest BCUT2D eigenvalue weighted by atomic mass is 9.72. The standard InChI is InChI=1S/C11H20O/c1-10(12)6-9-11(2)7-4-3-5-8-11/h3-9H2,1-2H3. The van der Waals surface area contributed by atoms with Crippen molar-refractivity contribution in [2.45, 2.75) is 58.8 Å². The molecule has 1 nitrogen and oxygen atoms in total. The van der Waals surface area contributed by atoms with Crippen LogP contribution >= 0.6 is 0 Å². The maximum atomic E-state index is 10.8. The molecule has 70 valence electrons. The molecule has 0 aromatic carbocycles. The Morgan fingerprint density at radius 3 is 2.33 bits per heavy atom. The summed E-state index contributed by atoms with van der Waals surface area (Å²) in [6.45, 7) is 4.04. The van der Waals surface area contributed by atoms with Gasteiger partial charge in [-0.2, -0.15) is 0 Å². The predicted octanol–water partition coefficient (Wildman–Crippen LogP) is 3.33. The minimum Gasteiger partial charge on any atom is -0.300 e. The second-order valence-electron chi connectivity index (χ2n) is 4.57. The van der Waals surface area contributed by atoms with E-state index in [4.69, 9.17) is 0 Å². The fourth-order valence-corrected chi connectivity index (χ4v) is 2.13. The largest absolute Gasteiger partial charge is 0.300 e. The third kappa shape index (κ3) is 2.96. The SMILES string of the molecule is CC(=O)CCC1(C)CCCCC1. The first-order valence-electron chi connectivity index (χ1n) is 5.12. The first-order chi connectivity index (χ1) is 5.62. The minimum atomic E-state index is 0.349. The first-order valence-corrected chi connectivity index (χ1v) is 5.12. The number of rotatable bonds is 3. The van der Waals surface area contributed by atoms with E-state index in [0.29, 0.717) is 11.2 Å². The summed E-state index contributed by atoms with van der Waals surface area (Å²) in [4.78, 5) is 10.8. The van der Waals surface area contributed by atoms with E-state index >= 15 is 0 Å². The molecule has 0 aromatic heterocycles. The Morgan fingerprint density at radius 2 is 1.83 bits per heavy atom. The Morgan fingerprint density at radius 1 is 1.25 bits per heavy atom. The molecule has 1 saturated carbocycles. The Bertz CT molecular complexity index is 154. The van der Waals surface area contributed by atoms with E-state index in [-0.39, 0.29) is 0 Å². The van der Waals surface area contributed by atoms with Gasteiger partial charge in [-0.1, -0.05) is 26.2 Å². The maximum absolute atomic E-state index is 10.8. The van der Waals surface area contributed by atoms with Crippen LogP contribution < -0.4 is 0 Å². The molecule has 0 radical (unpaired) electrons. The van der Waals surface area contributed by atoms with Crippen molar-refractivity contribution < 1.29 is 4.79 Å². The number of hydrogen-bond acceptors (Lipinski definition) is 1. The summed E-state index contributed by atoms with van der Waals surface area (Å²) >= 11 is 0. The fraction of sp³-hybridized carbons (Fsp3) is 0.909. The lowest BCUT2D eigenvalue weighted by molar-refractivity contribution is -0.117. The summed E-state index contributed by atoms with van der Waals surface area (Å²) < 4.78 is 0. The van der Waals surface area contributed by atoms with Crippen LogP contribution in [0.2, 0.25) is 0 Å². The third-order valence-electron chi connectivity index (χ3n) is 3.14. The molecule has 0 unspecified atom stereocenters. The number of carbonyl (C=O) groups excluding carboxylic acids is 1. The number of hydrogen-bond donors (Lipinski definition) is 0. The summed E-state index contributed by atoms with van der Waals surface area (Å²) in [5.74, 6) is 0.349. The van der Waals surface area contributed by atoms with Crippen LogP contribution in [-0.2, 0) is 4.79 Å². The van der Waals surface area contributed by atoms with Gasteiger partial charge in [-0.05, 0) is 31.6 Å². The van der Waals surface area contributed by atoms with Crippen LogP contribution in [0.1, 0.15) is 58.8 Å². The Kier molecular flexibility index (Phi) is 3.30. The topological polar surface area (TPSA) is 17.1 Å². The Balaban J connectivity index is 2.31. The van der Waals surface area contributed by atoms with Crippen molar-refractivity contribution in [1.82, 2.24) is 0 Å². The van der Waals surface area contributed by atoms with Crippen LogP contribution in [0.25, 0.3) is 0 Å². The van der Waals surface area contributed by atoms with E-state index in [1.807, 2.05) is 0 Å². The Hall–Kier alpha value is -0.330. The minimum absolute atomic E-state index is 0.349. The fourth-order valence-electron chi connectivity index (χ4n) is 2.13. The predicted molar refractivity (Wildman–Crippen MR) is 51.1 cm³/mol. The number of carbonyl (C=O) groups is 1. The van der Waals surface area contributed by atoms with Crippen molar-refractivity contribution >= 4 is 5.78 Å². The lowest BCUT2D eigenvalue weighted by Gasteiger charge is -2.33. The van der Waals surface area contributed by atoms with Gasteiger partial charge in [0, 0.05) is 6.42 Å². The van der Waals surface area contributed by atoms with E-state index in [1.54, 1.807) is 6.92 Å². The van der Waals surface area contributed by atoms with E-state index in [9.17, 15) is 4.79 Å². The van der Waals surface area contributed by atoms with E-state index < -0.39 is 0 Å². The van der Waals surface area contributed by atoms with Gasteiger partial charge in [-0.25, -0.2) is 0 Å². The quantitative estimate of drug-likeness (QED) is 0.631. The van der Waals surface area contributed by atoms with Gasteiger partial charge in [0.1, 0.15) is 5.78 Å². The van der Waals surface area contributed by atoms with Gasteiger partial charge in [-0.3, -0.25) is 0 Å². The number of Topliss-reactive ketones (excluding diaryl/α,β-unsaturated/α-hetero) is 1. The lowest BCUT2D eigenvalue weighted by Crippen LogP contribution is -2.20. The zero-order valence-corrected chi connectivity index (χ0v) is 8.36. The highest BCUT2D eigenvalue weighted by Crippen LogP contribution is 2.39. The average Bonchev–Trinajstić information content (AvgIpc) is 2.03. The highest BCUT2D eigenvalue weighted by atomic mass is 16.1. The summed E-state index contributed by atoms with van der Waals surface area (Å²) in [6, 6.07) is 0. The molecule has 0 saturated heterocycles. The molecular weight excluding hydrogens is 148 g/mol. The molecule has 0 bridgehead atoms. The van der Waals surface area contributed by atoms with Crippen molar-refractivity contribution in [1.29, 1.82) is 0 Å². The molecule has 1 fully saturated rings. The van der Waals surface area contributed by atoms with Gasteiger partial charge in [0.25, 0.3) is 0 Å². The van der Waals surface area contributed by atoms with Gasteiger partial charge in [0.2, 0.25) is 0 Å². The van der Waals surface area contributed by atoms with Crippen molar-refractivity contribution in [2.24, 2.45) is 5.41 Å². The molecule has 0 amide bonds. The van der Waals surface area contributed by atoms with Crippen molar-refractivity contribution in [2.75, 3.05) is 0 Å². The van der Waals surface area contributed by atoms with Crippen molar-refractivity contribution in [3.05, 3.63) is 0 Å². The van der Waals surface area contributed by atoms with Gasteiger partial charge in [-0.15, -0.1) is 0 Å². The zero-order chi connectivity index (χ0) is 9.03. The molecule has 12 heavy (non-hydrogen) atoms. The third-order valence-corrected chi connectivity index (χ3v) is 3.14. The number of ketones is 1. The summed E-state index contributed by atoms with van der Waals surface area (Å²) in [6.07, 6.45) is 8.71. The molecule has 1 aliphatic rings. The van der Waals surface area contributed by atoms with Gasteiger partial charge in [0.15, 0.2) is 0 Å². The smallest absolute Gasteiger partial charge is 0.129 e. The second-order valence-corrected chi connectivity index (χ2v) is 4.57. The van der Waals surface area contributed by atoms with Crippen molar-refractivity contribution in [3.63, 3.8) is 0 Å². The maximum Gasteiger partial charge on any atom is 0.129 e. The molecule has 1 aliphatic carbocycles. The van der Waals surface area contributed by atoms with E-state index in [1.165, 1.54) is 32.1 Å². The Labute approximate surface area is 75.5 Å². The van der Waals surface area contributed by atoms with Crippen LogP contribution in [-0.4, -0.2) is 5.78 Å². The normalized spacial score (nSPS) is 22.2. The summed E-state index contributed by atoms with van der Waals surface area (Å²) in [5.41, 5.74) is 0.490. The molecule has 0 aliphatic heterocycles. The van der Waals surface area contributed by atoms with E-state index in [0.717, 1.165) is 12.8 Å². The van der Waals surface area contributed by atoms with E-state index in [2.05, 4.69) is 6.92 Å². The first kappa shape index (κ1) is 9.76. The van der Waals surface area contributed by atoms with Crippen LogP contribution in [0.3, 0.4) is 0 Å². The average molecular weight is 168 g/mol. The summed E-state index contributed by atoms with van der Waals surface area (Å²) in [7, 11) is 0. The highest BCUT2D eigenvalue weighted by Gasteiger charge is 2.26. The van der Waals surface area contributed by atoms with Gasteiger partial charge in [0.05, 0.1) is 0 Å². The molecule has 0 aromatic rings. The molecule has 0 N–H and O–H groups in total. The molecular formula is C11H20O.